The smallest absolute Gasteiger partial charge is 0.214 e. The van der Waals surface area contributed by atoms with Crippen molar-refractivity contribution in [3.05, 3.63) is 0 Å². The molecule has 0 radical (unpaired) electrons. The summed E-state index contributed by atoms with van der Waals surface area (Å²) in [5.74, 6) is 0. The summed E-state index contributed by atoms with van der Waals surface area (Å²) >= 11 is 0. The average Bonchev–Trinajstić information content (AvgIpc) is 2.12. The Morgan fingerprint density at radius 3 is 2.50 bits per heavy atom. The molecule has 0 aromatic rings. The molecule has 0 bridgehead atoms. The SMILES string of the molecule is O=S(=O)=C1CCNC1. The number of nitrogens with one attached hydrogen (secondary N) is 1. The molecule has 46 valence electrons. The third kappa shape index (κ3) is 1.08. The first-order valence-electron chi connectivity index (χ1n) is 2.45. The van der Waals surface area contributed by atoms with E-state index >= 15 is 0 Å². The van der Waals surface area contributed by atoms with Crippen LogP contribution in [-0.4, -0.2) is 26.4 Å². The molecule has 0 spiro atoms. The molecular formula is C4H7NO2S. The summed E-state index contributed by atoms with van der Waals surface area (Å²) in [6, 6.07) is 0. The van der Waals surface area contributed by atoms with Gasteiger partial charge in [-0.2, -0.15) is 8.42 Å². The predicted octanol–water partition coefficient (Wildman–Crippen LogP) is -0.969. The van der Waals surface area contributed by atoms with Crippen LogP contribution in [0.3, 0.4) is 0 Å². The number of hydrogen-bond donors (Lipinski definition) is 1. The summed E-state index contributed by atoms with van der Waals surface area (Å²) in [7, 11) is -1.94. The lowest BCUT2D eigenvalue weighted by Gasteiger charge is -1.77. The van der Waals surface area contributed by atoms with Crippen molar-refractivity contribution in [2.24, 2.45) is 0 Å². The Bertz CT molecular complexity index is 188. The molecule has 8 heavy (non-hydrogen) atoms. The quantitative estimate of drug-likeness (QED) is 0.432. The van der Waals surface area contributed by atoms with Crippen molar-refractivity contribution in [3.8, 4) is 0 Å². The fourth-order valence-corrected chi connectivity index (χ4v) is 1.17. The topological polar surface area (TPSA) is 46.2 Å². The highest BCUT2D eigenvalue weighted by atomic mass is 32.2. The van der Waals surface area contributed by atoms with Gasteiger partial charge < -0.3 is 5.32 Å². The molecule has 0 aromatic carbocycles. The lowest BCUT2D eigenvalue weighted by Crippen LogP contribution is -2.08. The van der Waals surface area contributed by atoms with E-state index in [9.17, 15) is 8.42 Å². The second-order valence-electron chi connectivity index (χ2n) is 1.70. The first-order chi connectivity index (χ1) is 3.80. The highest BCUT2D eigenvalue weighted by molar-refractivity contribution is 7.73. The van der Waals surface area contributed by atoms with E-state index in [4.69, 9.17) is 0 Å². The van der Waals surface area contributed by atoms with Gasteiger partial charge in [0.05, 0.1) is 4.86 Å². The molecule has 0 atom stereocenters. The highest BCUT2D eigenvalue weighted by Crippen LogP contribution is 1.88. The van der Waals surface area contributed by atoms with Gasteiger partial charge in [0, 0.05) is 13.1 Å². The van der Waals surface area contributed by atoms with E-state index in [0.29, 0.717) is 17.8 Å². The van der Waals surface area contributed by atoms with E-state index in [-0.39, 0.29) is 0 Å². The molecule has 1 N–H and O–H groups in total. The molecule has 0 aromatic heterocycles. The molecule has 1 fully saturated rings. The fraction of sp³-hybridized carbons (Fsp3) is 0.750. The van der Waals surface area contributed by atoms with E-state index in [1.54, 1.807) is 0 Å². The van der Waals surface area contributed by atoms with Crippen LogP contribution in [0.5, 0.6) is 0 Å². The minimum absolute atomic E-state index is 0.552. The Kier molecular flexibility index (Phi) is 1.65. The lowest BCUT2D eigenvalue weighted by atomic mass is 10.4. The van der Waals surface area contributed by atoms with Gasteiger partial charge >= 0.3 is 0 Å². The van der Waals surface area contributed by atoms with Crippen molar-refractivity contribution >= 4 is 15.2 Å². The standard InChI is InChI=1S/C4H7NO2S/c6-8(7)4-1-2-5-3-4/h5H,1-3H2. The molecule has 0 amide bonds. The maximum Gasteiger partial charge on any atom is 0.214 e. The Morgan fingerprint density at radius 1 is 1.50 bits per heavy atom. The number of hydrogen-bond acceptors (Lipinski definition) is 3. The number of rotatable bonds is 0. The molecular weight excluding hydrogens is 126 g/mol. The molecule has 0 unspecified atom stereocenters. The van der Waals surface area contributed by atoms with Crippen molar-refractivity contribution in [2.45, 2.75) is 6.42 Å². The Hall–Kier alpha value is -0.350. The van der Waals surface area contributed by atoms with Crippen LogP contribution in [0.25, 0.3) is 0 Å². The molecule has 1 heterocycles. The summed E-state index contributed by atoms with van der Waals surface area (Å²) in [6.45, 7) is 1.36. The third-order valence-corrected chi connectivity index (χ3v) is 1.96. The van der Waals surface area contributed by atoms with Crippen LogP contribution in [-0.2, 0) is 10.3 Å². The molecule has 0 saturated carbocycles. The van der Waals surface area contributed by atoms with E-state index in [0.717, 1.165) is 6.54 Å². The van der Waals surface area contributed by atoms with Gasteiger partial charge in [-0.15, -0.1) is 0 Å². The molecule has 1 aliphatic rings. The Morgan fingerprint density at radius 2 is 2.25 bits per heavy atom. The maximum absolute atomic E-state index is 10.1. The van der Waals surface area contributed by atoms with Crippen molar-refractivity contribution in [2.75, 3.05) is 13.1 Å². The van der Waals surface area contributed by atoms with Crippen LogP contribution in [0.15, 0.2) is 0 Å². The van der Waals surface area contributed by atoms with Crippen molar-refractivity contribution in [1.82, 2.24) is 5.32 Å². The first kappa shape index (κ1) is 5.78. The van der Waals surface area contributed by atoms with Crippen LogP contribution in [0, 0.1) is 0 Å². The van der Waals surface area contributed by atoms with Crippen LogP contribution in [0.2, 0.25) is 0 Å². The van der Waals surface area contributed by atoms with E-state index in [1.165, 1.54) is 0 Å². The first-order valence-corrected chi connectivity index (χ1v) is 3.53. The minimum Gasteiger partial charge on any atom is -0.312 e. The van der Waals surface area contributed by atoms with Crippen LogP contribution < -0.4 is 5.32 Å². The van der Waals surface area contributed by atoms with Gasteiger partial charge in [-0.3, -0.25) is 0 Å². The lowest BCUT2D eigenvalue weighted by molar-refractivity contribution is 0.626. The monoisotopic (exact) mass is 133 g/mol. The average molecular weight is 133 g/mol. The van der Waals surface area contributed by atoms with Gasteiger partial charge in [0.25, 0.3) is 0 Å². The summed E-state index contributed by atoms with van der Waals surface area (Å²) in [6.07, 6.45) is 0.691. The van der Waals surface area contributed by atoms with Crippen LogP contribution >= 0.6 is 0 Å². The minimum atomic E-state index is -1.94. The van der Waals surface area contributed by atoms with E-state index in [1.807, 2.05) is 0 Å². The van der Waals surface area contributed by atoms with Gasteiger partial charge in [0.15, 0.2) is 0 Å². The van der Waals surface area contributed by atoms with Crippen molar-refractivity contribution in [1.29, 1.82) is 0 Å². The normalized spacial score (nSPS) is 19.2. The molecule has 0 aliphatic carbocycles. The zero-order valence-corrected chi connectivity index (χ0v) is 5.16. The molecule has 1 aliphatic heterocycles. The van der Waals surface area contributed by atoms with E-state index in [2.05, 4.69) is 5.32 Å². The van der Waals surface area contributed by atoms with Gasteiger partial charge in [0.2, 0.25) is 10.3 Å². The summed E-state index contributed by atoms with van der Waals surface area (Å²) in [4.78, 5) is 0.602. The van der Waals surface area contributed by atoms with Crippen LogP contribution in [0.4, 0.5) is 0 Å². The summed E-state index contributed by atoms with van der Waals surface area (Å²) in [5.41, 5.74) is 0. The fourth-order valence-electron chi connectivity index (χ4n) is 0.686. The molecule has 1 rings (SSSR count). The second-order valence-corrected chi connectivity index (χ2v) is 2.75. The molecule has 3 nitrogen and oxygen atoms in total. The summed E-state index contributed by atoms with van der Waals surface area (Å²) < 4.78 is 20.2. The Labute approximate surface area is 49.2 Å². The molecule has 4 heteroatoms. The largest absolute Gasteiger partial charge is 0.312 e. The highest BCUT2D eigenvalue weighted by Gasteiger charge is 2.06. The van der Waals surface area contributed by atoms with Gasteiger partial charge in [-0.1, -0.05) is 0 Å². The second kappa shape index (κ2) is 2.28. The van der Waals surface area contributed by atoms with Gasteiger partial charge in [0.1, 0.15) is 0 Å². The molecule has 1 saturated heterocycles. The van der Waals surface area contributed by atoms with Gasteiger partial charge in [-0.05, 0) is 6.42 Å². The van der Waals surface area contributed by atoms with Gasteiger partial charge in [-0.25, -0.2) is 0 Å². The maximum atomic E-state index is 10.1. The van der Waals surface area contributed by atoms with E-state index < -0.39 is 10.3 Å². The zero-order chi connectivity index (χ0) is 5.98. The predicted molar refractivity (Wildman–Crippen MR) is 31.4 cm³/mol. The zero-order valence-electron chi connectivity index (χ0n) is 4.35. The Balaban J connectivity index is 2.88. The third-order valence-electron chi connectivity index (χ3n) is 1.14. The summed E-state index contributed by atoms with van der Waals surface area (Å²) in [5, 5.41) is 2.92. The van der Waals surface area contributed by atoms with Crippen molar-refractivity contribution < 1.29 is 8.42 Å². The van der Waals surface area contributed by atoms with Crippen molar-refractivity contribution in [3.63, 3.8) is 0 Å². The van der Waals surface area contributed by atoms with Crippen LogP contribution in [0.1, 0.15) is 6.42 Å².